The summed E-state index contributed by atoms with van der Waals surface area (Å²) in [5.74, 6) is -0.0116. The van der Waals surface area contributed by atoms with Crippen molar-refractivity contribution in [3.63, 3.8) is 0 Å². The lowest BCUT2D eigenvalue weighted by molar-refractivity contribution is -0.121. The van der Waals surface area contributed by atoms with Crippen LogP contribution >= 0.6 is 11.3 Å². The summed E-state index contributed by atoms with van der Waals surface area (Å²) in [6, 6.07) is 3.64. The van der Waals surface area contributed by atoms with Gasteiger partial charge in [0.2, 0.25) is 5.91 Å². The van der Waals surface area contributed by atoms with Crippen molar-refractivity contribution in [2.24, 2.45) is 0 Å². The molecule has 0 unspecified atom stereocenters. The minimum absolute atomic E-state index is 0.0456. The zero-order valence-electron chi connectivity index (χ0n) is 10.7. The molecule has 1 aromatic rings. The number of ketones is 1. The molecule has 0 saturated heterocycles. The van der Waals surface area contributed by atoms with Crippen LogP contribution in [0.5, 0.6) is 0 Å². The Morgan fingerprint density at radius 3 is 2.72 bits per heavy atom. The normalized spacial score (nSPS) is 10.3. The van der Waals surface area contributed by atoms with Crippen molar-refractivity contribution in [2.45, 2.75) is 26.2 Å². The third kappa shape index (κ3) is 5.93. The van der Waals surface area contributed by atoms with E-state index in [-0.39, 0.29) is 24.5 Å². The van der Waals surface area contributed by atoms with Crippen molar-refractivity contribution < 1.29 is 9.59 Å². The number of Topliss-reactive ketones (excluding diaryl/α,β-unsaturated/α-hetero) is 1. The van der Waals surface area contributed by atoms with Crippen molar-refractivity contribution in [1.82, 2.24) is 10.6 Å². The van der Waals surface area contributed by atoms with Gasteiger partial charge in [0.25, 0.3) is 0 Å². The molecular formula is C13H20N2O2S. The van der Waals surface area contributed by atoms with Crippen molar-refractivity contribution in [3.8, 4) is 0 Å². The number of carbonyl (C=O) groups excluding carboxylic acids is 2. The summed E-state index contributed by atoms with van der Waals surface area (Å²) in [7, 11) is 0. The topological polar surface area (TPSA) is 58.2 Å². The Hall–Kier alpha value is -1.20. The second-order valence-electron chi connectivity index (χ2n) is 4.00. The van der Waals surface area contributed by atoms with Gasteiger partial charge in [0.15, 0.2) is 5.78 Å². The Morgan fingerprint density at radius 2 is 2.06 bits per heavy atom. The van der Waals surface area contributed by atoms with E-state index < -0.39 is 0 Å². The molecule has 0 aliphatic carbocycles. The number of nitrogens with one attached hydrogen (secondary N) is 2. The first kappa shape index (κ1) is 14.9. The molecule has 1 heterocycles. The van der Waals surface area contributed by atoms with Crippen LogP contribution in [0.4, 0.5) is 0 Å². The Balaban J connectivity index is 2.08. The SMILES string of the molecule is CCCNCCNC(=O)CCC(=O)c1cccs1. The molecule has 0 saturated carbocycles. The fourth-order valence-corrected chi connectivity index (χ4v) is 2.16. The highest BCUT2D eigenvalue weighted by atomic mass is 32.1. The maximum absolute atomic E-state index is 11.6. The smallest absolute Gasteiger partial charge is 0.220 e. The molecule has 5 heteroatoms. The van der Waals surface area contributed by atoms with E-state index in [1.807, 2.05) is 11.4 Å². The number of hydrogen-bond acceptors (Lipinski definition) is 4. The predicted octanol–water partition coefficient (Wildman–Crippen LogP) is 1.83. The molecule has 2 N–H and O–H groups in total. The van der Waals surface area contributed by atoms with Gasteiger partial charge in [0, 0.05) is 25.9 Å². The summed E-state index contributed by atoms with van der Waals surface area (Å²) in [5, 5.41) is 7.86. The van der Waals surface area contributed by atoms with Crippen LogP contribution in [0.3, 0.4) is 0 Å². The summed E-state index contributed by atoms with van der Waals surface area (Å²) in [4.78, 5) is 23.8. The summed E-state index contributed by atoms with van der Waals surface area (Å²) < 4.78 is 0. The van der Waals surface area contributed by atoms with Gasteiger partial charge in [-0.05, 0) is 24.4 Å². The maximum Gasteiger partial charge on any atom is 0.220 e. The van der Waals surface area contributed by atoms with Gasteiger partial charge in [-0.1, -0.05) is 13.0 Å². The monoisotopic (exact) mass is 268 g/mol. The van der Waals surface area contributed by atoms with Gasteiger partial charge in [-0.2, -0.15) is 0 Å². The average Bonchev–Trinajstić information content (AvgIpc) is 2.89. The molecule has 0 aromatic carbocycles. The van der Waals surface area contributed by atoms with Crippen LogP contribution in [-0.2, 0) is 4.79 Å². The largest absolute Gasteiger partial charge is 0.355 e. The molecule has 18 heavy (non-hydrogen) atoms. The molecule has 100 valence electrons. The maximum atomic E-state index is 11.6. The van der Waals surface area contributed by atoms with Crippen LogP contribution in [0, 0.1) is 0 Å². The van der Waals surface area contributed by atoms with Crippen LogP contribution in [0.1, 0.15) is 35.9 Å². The van der Waals surface area contributed by atoms with Crippen LogP contribution in [-0.4, -0.2) is 31.3 Å². The third-order valence-corrected chi connectivity index (χ3v) is 3.34. The summed E-state index contributed by atoms with van der Waals surface area (Å²) in [5.41, 5.74) is 0. The lowest BCUT2D eigenvalue weighted by Gasteiger charge is -2.05. The zero-order valence-corrected chi connectivity index (χ0v) is 11.5. The molecule has 0 fully saturated rings. The van der Waals surface area contributed by atoms with E-state index in [0.29, 0.717) is 6.54 Å². The molecule has 0 spiro atoms. The van der Waals surface area contributed by atoms with Gasteiger partial charge in [0.1, 0.15) is 0 Å². The Bertz CT molecular complexity index is 363. The van der Waals surface area contributed by atoms with Crippen molar-refractivity contribution in [2.75, 3.05) is 19.6 Å². The highest BCUT2D eigenvalue weighted by molar-refractivity contribution is 7.12. The van der Waals surface area contributed by atoms with Gasteiger partial charge in [-0.15, -0.1) is 11.3 Å². The fourth-order valence-electron chi connectivity index (χ4n) is 1.47. The highest BCUT2D eigenvalue weighted by Gasteiger charge is 2.09. The average molecular weight is 268 g/mol. The molecule has 1 aromatic heterocycles. The Morgan fingerprint density at radius 1 is 1.22 bits per heavy atom. The van der Waals surface area contributed by atoms with Crippen LogP contribution in [0.25, 0.3) is 0 Å². The molecule has 0 atom stereocenters. The predicted molar refractivity (Wildman–Crippen MR) is 74.1 cm³/mol. The van der Waals surface area contributed by atoms with E-state index in [1.165, 1.54) is 11.3 Å². The molecule has 0 aliphatic rings. The Kier molecular flexibility index (Phi) is 7.29. The van der Waals surface area contributed by atoms with Crippen LogP contribution in [0.2, 0.25) is 0 Å². The minimum Gasteiger partial charge on any atom is -0.355 e. The summed E-state index contributed by atoms with van der Waals surface area (Å²) in [6.07, 6.45) is 1.64. The number of rotatable bonds is 9. The number of thiophene rings is 1. The van der Waals surface area contributed by atoms with Gasteiger partial charge in [-0.3, -0.25) is 9.59 Å². The van der Waals surface area contributed by atoms with E-state index in [4.69, 9.17) is 0 Å². The quantitative estimate of drug-likeness (QED) is 0.530. The third-order valence-electron chi connectivity index (χ3n) is 2.43. The number of carbonyl (C=O) groups is 2. The van der Waals surface area contributed by atoms with Gasteiger partial charge in [0.05, 0.1) is 4.88 Å². The van der Waals surface area contributed by atoms with E-state index >= 15 is 0 Å². The molecule has 1 rings (SSSR count). The second kappa shape index (κ2) is 8.83. The highest BCUT2D eigenvalue weighted by Crippen LogP contribution is 2.11. The van der Waals surface area contributed by atoms with E-state index in [9.17, 15) is 9.59 Å². The standard InChI is InChI=1S/C13H20N2O2S/c1-2-7-14-8-9-15-13(17)6-5-11(16)12-4-3-10-18-12/h3-4,10,14H,2,5-9H2,1H3,(H,15,17). The first-order valence-electron chi connectivity index (χ1n) is 6.28. The minimum atomic E-state index is -0.0572. The molecule has 4 nitrogen and oxygen atoms in total. The molecule has 0 bridgehead atoms. The van der Waals surface area contributed by atoms with Gasteiger partial charge >= 0.3 is 0 Å². The molecule has 0 radical (unpaired) electrons. The molecule has 1 amide bonds. The lowest BCUT2D eigenvalue weighted by Crippen LogP contribution is -2.32. The first-order valence-corrected chi connectivity index (χ1v) is 7.16. The fraction of sp³-hybridized carbons (Fsp3) is 0.538. The Labute approximate surface area is 112 Å². The van der Waals surface area contributed by atoms with Gasteiger partial charge < -0.3 is 10.6 Å². The van der Waals surface area contributed by atoms with Crippen molar-refractivity contribution >= 4 is 23.0 Å². The molecule has 0 aliphatic heterocycles. The van der Waals surface area contributed by atoms with Crippen LogP contribution < -0.4 is 10.6 Å². The van der Waals surface area contributed by atoms with Gasteiger partial charge in [-0.25, -0.2) is 0 Å². The van der Waals surface area contributed by atoms with E-state index in [2.05, 4.69) is 17.6 Å². The van der Waals surface area contributed by atoms with Crippen molar-refractivity contribution in [1.29, 1.82) is 0 Å². The van der Waals surface area contributed by atoms with E-state index in [1.54, 1.807) is 6.07 Å². The summed E-state index contributed by atoms with van der Waals surface area (Å²) >= 11 is 1.42. The second-order valence-corrected chi connectivity index (χ2v) is 4.95. The van der Waals surface area contributed by atoms with Crippen LogP contribution in [0.15, 0.2) is 17.5 Å². The zero-order chi connectivity index (χ0) is 13.2. The lowest BCUT2D eigenvalue weighted by atomic mass is 10.2. The number of hydrogen-bond donors (Lipinski definition) is 2. The molecular weight excluding hydrogens is 248 g/mol. The van der Waals surface area contributed by atoms with Crippen molar-refractivity contribution in [3.05, 3.63) is 22.4 Å². The summed E-state index contributed by atoms with van der Waals surface area (Å²) in [6.45, 7) is 4.46. The van der Waals surface area contributed by atoms with E-state index in [0.717, 1.165) is 24.4 Å². The number of amides is 1. The first-order chi connectivity index (χ1) is 8.74.